The van der Waals surface area contributed by atoms with Crippen molar-refractivity contribution in [1.29, 1.82) is 0 Å². The second kappa shape index (κ2) is 10.0. The van der Waals surface area contributed by atoms with Crippen molar-refractivity contribution < 1.29 is 9.90 Å². The summed E-state index contributed by atoms with van der Waals surface area (Å²) in [6.45, 7) is 4.39. The fourth-order valence-corrected chi connectivity index (χ4v) is 3.17. The van der Waals surface area contributed by atoms with Crippen molar-refractivity contribution in [3.63, 3.8) is 0 Å². The minimum atomic E-state index is -1.11. The molecule has 0 amide bonds. The number of hydrogen-bond acceptors (Lipinski definition) is 2. The van der Waals surface area contributed by atoms with Gasteiger partial charge in [0.2, 0.25) is 0 Å². The van der Waals surface area contributed by atoms with E-state index < -0.39 is 5.97 Å². The summed E-state index contributed by atoms with van der Waals surface area (Å²) < 4.78 is 0. The van der Waals surface area contributed by atoms with Crippen molar-refractivity contribution in [3.8, 4) is 11.1 Å². The first-order valence-electron chi connectivity index (χ1n) is 9.59. The van der Waals surface area contributed by atoms with Crippen LogP contribution in [0.25, 0.3) is 11.1 Å². The van der Waals surface area contributed by atoms with Crippen molar-refractivity contribution in [1.82, 2.24) is 0 Å². The van der Waals surface area contributed by atoms with Gasteiger partial charge in [0.25, 0.3) is 0 Å². The maximum absolute atomic E-state index is 11.5. The number of rotatable bonds is 10. The summed E-state index contributed by atoms with van der Waals surface area (Å²) in [6, 6.07) is 14.0. The van der Waals surface area contributed by atoms with E-state index in [1.807, 2.05) is 24.3 Å². The van der Waals surface area contributed by atoms with Crippen LogP contribution in [0.1, 0.15) is 73.9 Å². The van der Waals surface area contributed by atoms with Gasteiger partial charge < -0.3 is 9.90 Å². The molecule has 0 aliphatic rings. The normalized spacial score (nSPS) is 10.8. The summed E-state index contributed by atoms with van der Waals surface area (Å²) in [4.78, 5) is 11.5. The Morgan fingerprint density at radius 1 is 0.800 bits per heavy atom. The van der Waals surface area contributed by atoms with E-state index in [9.17, 15) is 9.90 Å². The molecule has 0 fully saturated rings. The Bertz CT molecular complexity index is 671. The average molecular weight is 337 g/mol. The number of aromatic carboxylic acids is 1. The van der Waals surface area contributed by atoms with E-state index in [1.165, 1.54) is 43.2 Å². The van der Waals surface area contributed by atoms with Crippen LogP contribution in [-0.2, 0) is 12.8 Å². The van der Waals surface area contributed by atoms with Crippen LogP contribution in [0, 0.1) is 0 Å². The second-order valence-electron chi connectivity index (χ2n) is 6.78. The highest BCUT2D eigenvalue weighted by Crippen LogP contribution is 2.26. The summed E-state index contributed by atoms with van der Waals surface area (Å²) in [5.74, 6) is -1.11. The van der Waals surface area contributed by atoms with Gasteiger partial charge in [-0.25, -0.2) is 0 Å². The van der Waals surface area contributed by atoms with Crippen molar-refractivity contribution in [2.75, 3.05) is 0 Å². The smallest absolute Gasteiger partial charge is 0.0721 e. The Labute approximate surface area is 151 Å². The third kappa shape index (κ3) is 5.74. The highest BCUT2D eigenvalue weighted by molar-refractivity contribution is 5.94. The molecule has 0 aromatic heterocycles. The lowest BCUT2D eigenvalue weighted by Gasteiger charge is -2.14. The Balaban J connectivity index is 2.22. The van der Waals surface area contributed by atoms with Gasteiger partial charge in [-0.1, -0.05) is 82.0 Å². The summed E-state index contributed by atoms with van der Waals surface area (Å²) in [7, 11) is 0. The van der Waals surface area contributed by atoms with Crippen LogP contribution in [0.2, 0.25) is 0 Å². The lowest BCUT2D eigenvalue weighted by atomic mass is 9.94. The number of hydrogen-bond donors (Lipinski definition) is 0. The largest absolute Gasteiger partial charge is 0.545 e. The van der Waals surface area contributed by atoms with E-state index in [0.29, 0.717) is 0 Å². The van der Waals surface area contributed by atoms with Gasteiger partial charge in [0.15, 0.2) is 0 Å². The van der Waals surface area contributed by atoms with Gasteiger partial charge in [-0.05, 0) is 47.9 Å². The van der Waals surface area contributed by atoms with E-state index in [2.05, 4.69) is 26.0 Å². The van der Waals surface area contributed by atoms with Crippen LogP contribution >= 0.6 is 0 Å². The molecule has 0 aliphatic carbocycles. The molecule has 0 spiro atoms. The molecule has 0 N–H and O–H groups in total. The molecule has 2 aromatic carbocycles. The number of unbranched alkanes of at least 4 members (excludes halogenated alkanes) is 4. The number of carboxylic acids is 1. The SMILES string of the molecule is CCCCCc1ccc(-c2cc(CCCCC)ccc2C(=O)[O-])cc1. The predicted octanol–water partition coefficient (Wildman–Crippen LogP) is 5.18. The van der Waals surface area contributed by atoms with Gasteiger partial charge in [-0.2, -0.15) is 0 Å². The fraction of sp³-hybridized carbons (Fsp3) is 0.435. The Morgan fingerprint density at radius 3 is 1.92 bits per heavy atom. The molecular formula is C23H29O2-. The monoisotopic (exact) mass is 337 g/mol. The molecule has 25 heavy (non-hydrogen) atoms. The molecule has 2 rings (SSSR count). The Hall–Kier alpha value is -2.09. The molecule has 134 valence electrons. The standard InChI is InChI=1S/C23H30O2/c1-3-5-7-9-18-11-14-20(15-12-18)22-17-19(10-8-6-4-2)13-16-21(22)23(24)25/h11-17H,3-10H2,1-2H3,(H,24,25)/p-1. The minimum absolute atomic E-state index is 0.276. The minimum Gasteiger partial charge on any atom is -0.545 e. The Morgan fingerprint density at radius 2 is 1.36 bits per heavy atom. The number of benzene rings is 2. The van der Waals surface area contributed by atoms with Crippen LogP contribution < -0.4 is 5.11 Å². The van der Waals surface area contributed by atoms with E-state index >= 15 is 0 Å². The van der Waals surface area contributed by atoms with Crippen LogP contribution in [-0.4, -0.2) is 5.97 Å². The second-order valence-corrected chi connectivity index (χ2v) is 6.78. The third-order valence-corrected chi connectivity index (χ3v) is 4.71. The number of aryl methyl sites for hydroxylation is 2. The van der Waals surface area contributed by atoms with Gasteiger partial charge in [0.1, 0.15) is 0 Å². The molecule has 0 bridgehead atoms. The van der Waals surface area contributed by atoms with E-state index in [0.717, 1.165) is 30.4 Å². The van der Waals surface area contributed by atoms with Crippen molar-refractivity contribution in [2.24, 2.45) is 0 Å². The molecule has 0 unspecified atom stereocenters. The maximum atomic E-state index is 11.5. The molecule has 2 heteroatoms. The summed E-state index contributed by atoms with van der Waals surface area (Å²) in [5.41, 5.74) is 4.51. The number of carboxylic acid groups (broad SMARTS) is 1. The molecule has 0 aliphatic heterocycles. The lowest BCUT2D eigenvalue weighted by molar-refractivity contribution is -0.254. The van der Waals surface area contributed by atoms with E-state index in [4.69, 9.17) is 0 Å². The third-order valence-electron chi connectivity index (χ3n) is 4.71. The van der Waals surface area contributed by atoms with Crippen LogP contribution in [0.3, 0.4) is 0 Å². The zero-order valence-corrected chi connectivity index (χ0v) is 15.5. The number of carbonyl (C=O) groups is 1. The first-order valence-corrected chi connectivity index (χ1v) is 9.59. The highest BCUT2D eigenvalue weighted by Gasteiger charge is 2.08. The predicted molar refractivity (Wildman–Crippen MR) is 103 cm³/mol. The van der Waals surface area contributed by atoms with Crippen molar-refractivity contribution in [2.45, 2.75) is 65.2 Å². The van der Waals surface area contributed by atoms with Gasteiger partial charge in [-0.15, -0.1) is 0 Å². The summed E-state index contributed by atoms with van der Waals surface area (Å²) in [5, 5.41) is 11.5. The summed E-state index contributed by atoms with van der Waals surface area (Å²) >= 11 is 0. The molecule has 2 nitrogen and oxygen atoms in total. The van der Waals surface area contributed by atoms with Gasteiger partial charge >= 0.3 is 0 Å². The summed E-state index contributed by atoms with van der Waals surface area (Å²) in [6.07, 6.45) is 9.26. The first-order chi connectivity index (χ1) is 12.2. The Kier molecular flexibility index (Phi) is 7.72. The molecule has 0 saturated heterocycles. The quantitative estimate of drug-likeness (QED) is 0.560. The van der Waals surface area contributed by atoms with Crippen molar-refractivity contribution in [3.05, 3.63) is 59.2 Å². The highest BCUT2D eigenvalue weighted by atomic mass is 16.4. The molecule has 2 aromatic rings. The van der Waals surface area contributed by atoms with E-state index in [-0.39, 0.29) is 5.56 Å². The molecule has 0 saturated carbocycles. The van der Waals surface area contributed by atoms with Crippen LogP contribution in [0.5, 0.6) is 0 Å². The molecule has 0 radical (unpaired) electrons. The van der Waals surface area contributed by atoms with E-state index in [1.54, 1.807) is 6.07 Å². The lowest BCUT2D eigenvalue weighted by Crippen LogP contribution is -2.23. The zero-order chi connectivity index (χ0) is 18.1. The maximum Gasteiger partial charge on any atom is 0.0721 e. The average Bonchev–Trinajstić information content (AvgIpc) is 2.62. The zero-order valence-electron chi connectivity index (χ0n) is 15.5. The van der Waals surface area contributed by atoms with Crippen LogP contribution in [0.4, 0.5) is 0 Å². The van der Waals surface area contributed by atoms with Gasteiger partial charge in [0, 0.05) is 5.56 Å². The number of carbonyl (C=O) groups excluding carboxylic acids is 1. The first kappa shape index (κ1) is 19.2. The van der Waals surface area contributed by atoms with Crippen LogP contribution in [0.15, 0.2) is 42.5 Å². The fourth-order valence-electron chi connectivity index (χ4n) is 3.17. The van der Waals surface area contributed by atoms with Crippen molar-refractivity contribution >= 4 is 5.97 Å². The topological polar surface area (TPSA) is 40.1 Å². The van der Waals surface area contributed by atoms with Gasteiger partial charge in [-0.3, -0.25) is 0 Å². The molecular weight excluding hydrogens is 308 g/mol. The molecule has 0 heterocycles. The molecule has 0 atom stereocenters. The van der Waals surface area contributed by atoms with Gasteiger partial charge in [0.05, 0.1) is 5.97 Å².